The van der Waals surface area contributed by atoms with Gasteiger partial charge in [0.25, 0.3) is 5.91 Å². The monoisotopic (exact) mass is 594 g/mol. The molecule has 0 radical (unpaired) electrons. The van der Waals surface area contributed by atoms with Crippen LogP contribution in [-0.4, -0.2) is 25.0 Å². The van der Waals surface area contributed by atoms with Gasteiger partial charge in [0.15, 0.2) is 5.60 Å². The summed E-state index contributed by atoms with van der Waals surface area (Å²) in [4.78, 5) is 15.3. The zero-order valence-corrected chi connectivity index (χ0v) is 23.9. The van der Waals surface area contributed by atoms with Gasteiger partial charge in [0, 0.05) is 11.1 Å². The van der Waals surface area contributed by atoms with Crippen molar-refractivity contribution in [1.82, 2.24) is 4.72 Å². The van der Waals surface area contributed by atoms with Crippen LogP contribution in [0.5, 0.6) is 0 Å². The number of para-hydroxylation sites is 1. The maximum Gasteiger partial charge on any atom is 0.416 e. The molecule has 0 aliphatic carbocycles. The van der Waals surface area contributed by atoms with E-state index in [2.05, 4.69) is 4.72 Å². The van der Waals surface area contributed by atoms with Crippen LogP contribution in [0.2, 0.25) is 0 Å². The van der Waals surface area contributed by atoms with Crippen molar-refractivity contribution in [3.63, 3.8) is 0 Å². The lowest BCUT2D eigenvalue weighted by atomic mass is 9.87. The zero-order valence-electron chi connectivity index (χ0n) is 23.1. The van der Waals surface area contributed by atoms with Crippen LogP contribution in [0.1, 0.15) is 43.0 Å². The minimum atomic E-state index is -4.41. The normalized spacial score (nSPS) is 17.4. The Bertz CT molecular complexity index is 1730. The second-order valence-electron chi connectivity index (χ2n) is 11.3. The molecule has 5 rings (SSSR count). The van der Waals surface area contributed by atoms with Crippen molar-refractivity contribution in [2.24, 2.45) is 0 Å². The number of carbonyl (C=O) groups is 1. The standard InChI is InChI=1S/C32H29F3N2O4S/c1-30(2,3)36-42(40,41)26-18-16-24(17-19-26)31(39)27-6-4-5-7-28(27)37(29(31)38)20-21-8-10-22(11-9-21)23-12-14-25(15-13-23)32(33,34)35/h4-19,36,39H,20H2,1-3H3. The lowest BCUT2D eigenvalue weighted by Crippen LogP contribution is -2.41. The molecule has 0 fully saturated rings. The SMILES string of the molecule is CC(C)(C)NS(=O)(=O)c1ccc(C2(O)C(=O)N(Cc3ccc(-c4ccc(C(F)(F)F)cc4)cc3)c3ccccc32)cc1. The average molecular weight is 595 g/mol. The van der Waals surface area contributed by atoms with Gasteiger partial charge in [-0.05, 0) is 73.4 Å². The molecule has 1 unspecified atom stereocenters. The molecule has 0 bridgehead atoms. The van der Waals surface area contributed by atoms with Gasteiger partial charge in [0.05, 0.1) is 22.7 Å². The highest BCUT2D eigenvalue weighted by molar-refractivity contribution is 7.89. The third-order valence-electron chi connectivity index (χ3n) is 7.00. The van der Waals surface area contributed by atoms with Crippen LogP contribution in [0.15, 0.2) is 102 Å². The van der Waals surface area contributed by atoms with Gasteiger partial charge >= 0.3 is 6.18 Å². The van der Waals surface area contributed by atoms with E-state index in [0.717, 1.165) is 17.7 Å². The number of sulfonamides is 1. The molecule has 42 heavy (non-hydrogen) atoms. The number of hydrogen-bond donors (Lipinski definition) is 2. The molecular weight excluding hydrogens is 565 g/mol. The van der Waals surface area contributed by atoms with E-state index >= 15 is 0 Å². The second kappa shape index (κ2) is 10.4. The first-order chi connectivity index (χ1) is 19.6. The van der Waals surface area contributed by atoms with Crippen molar-refractivity contribution in [1.29, 1.82) is 0 Å². The lowest BCUT2D eigenvalue weighted by Gasteiger charge is -2.24. The predicted molar refractivity (Wildman–Crippen MR) is 154 cm³/mol. The number of carbonyl (C=O) groups excluding carboxylic acids is 1. The van der Waals surface area contributed by atoms with E-state index in [0.29, 0.717) is 22.4 Å². The lowest BCUT2D eigenvalue weighted by molar-refractivity contribution is -0.137. The van der Waals surface area contributed by atoms with E-state index < -0.39 is 38.8 Å². The van der Waals surface area contributed by atoms with Gasteiger partial charge in [0.2, 0.25) is 10.0 Å². The van der Waals surface area contributed by atoms with E-state index in [-0.39, 0.29) is 17.0 Å². The highest BCUT2D eigenvalue weighted by atomic mass is 32.2. The number of anilines is 1. The fourth-order valence-electron chi connectivity index (χ4n) is 5.04. The van der Waals surface area contributed by atoms with Crippen LogP contribution in [0.25, 0.3) is 11.1 Å². The summed E-state index contributed by atoms with van der Waals surface area (Å²) in [6.07, 6.45) is -4.41. The summed E-state index contributed by atoms with van der Waals surface area (Å²) < 4.78 is 66.8. The molecule has 6 nitrogen and oxygen atoms in total. The Morgan fingerprint density at radius 3 is 1.90 bits per heavy atom. The molecule has 1 atom stereocenters. The van der Waals surface area contributed by atoms with E-state index in [9.17, 15) is 31.5 Å². The molecule has 0 spiro atoms. The first kappa shape index (κ1) is 29.5. The van der Waals surface area contributed by atoms with Crippen molar-refractivity contribution in [2.45, 2.75) is 49.5 Å². The number of aliphatic hydroxyl groups is 1. The first-order valence-electron chi connectivity index (χ1n) is 13.1. The number of rotatable bonds is 6. The first-order valence-corrected chi connectivity index (χ1v) is 14.6. The van der Waals surface area contributed by atoms with Crippen molar-refractivity contribution in [3.05, 3.63) is 119 Å². The van der Waals surface area contributed by atoms with Crippen LogP contribution in [0.3, 0.4) is 0 Å². The molecule has 1 aliphatic heterocycles. The summed E-state index contributed by atoms with van der Waals surface area (Å²) in [7, 11) is -3.81. The number of fused-ring (bicyclic) bond motifs is 1. The molecule has 0 aromatic heterocycles. The Morgan fingerprint density at radius 2 is 1.36 bits per heavy atom. The minimum Gasteiger partial charge on any atom is -0.372 e. The van der Waals surface area contributed by atoms with E-state index in [1.54, 1.807) is 69.3 Å². The fourth-order valence-corrected chi connectivity index (χ4v) is 6.46. The largest absolute Gasteiger partial charge is 0.416 e. The summed E-state index contributed by atoms with van der Waals surface area (Å²) in [6.45, 7) is 5.32. The molecule has 0 saturated heterocycles. The highest BCUT2D eigenvalue weighted by Crippen LogP contribution is 2.45. The molecule has 2 N–H and O–H groups in total. The molecule has 1 amide bonds. The second-order valence-corrected chi connectivity index (χ2v) is 13.0. The highest BCUT2D eigenvalue weighted by Gasteiger charge is 2.51. The molecular formula is C32H29F3N2O4S. The number of hydrogen-bond acceptors (Lipinski definition) is 4. The predicted octanol–water partition coefficient (Wildman–Crippen LogP) is 6.23. The summed E-state index contributed by atoms with van der Waals surface area (Å²) in [5, 5.41) is 11.8. The van der Waals surface area contributed by atoms with E-state index in [4.69, 9.17) is 0 Å². The Labute approximate surface area is 242 Å². The molecule has 4 aromatic rings. The molecule has 0 saturated carbocycles. The van der Waals surface area contributed by atoms with E-state index in [1.165, 1.54) is 41.3 Å². The summed E-state index contributed by atoms with van der Waals surface area (Å²) >= 11 is 0. The van der Waals surface area contributed by atoms with Crippen LogP contribution in [-0.2, 0) is 33.1 Å². The Kier molecular flexibility index (Phi) is 7.29. The molecule has 218 valence electrons. The third kappa shape index (κ3) is 5.57. The number of nitrogens with zero attached hydrogens (tertiary/aromatic N) is 1. The van der Waals surface area contributed by atoms with Crippen molar-refractivity contribution in [2.75, 3.05) is 4.90 Å². The smallest absolute Gasteiger partial charge is 0.372 e. The van der Waals surface area contributed by atoms with Crippen molar-refractivity contribution < 1.29 is 31.5 Å². The number of benzene rings is 4. The fraction of sp³-hybridized carbons (Fsp3) is 0.219. The van der Waals surface area contributed by atoms with Crippen LogP contribution in [0.4, 0.5) is 18.9 Å². The van der Waals surface area contributed by atoms with Gasteiger partial charge in [-0.3, -0.25) is 4.79 Å². The molecule has 4 aromatic carbocycles. The quantitative estimate of drug-likeness (QED) is 0.277. The van der Waals surface area contributed by atoms with Crippen LogP contribution in [0, 0.1) is 0 Å². The van der Waals surface area contributed by atoms with E-state index in [1.807, 2.05) is 0 Å². The van der Waals surface area contributed by atoms with Gasteiger partial charge in [-0.25, -0.2) is 13.1 Å². The molecule has 10 heteroatoms. The number of halogens is 3. The maximum absolute atomic E-state index is 13.8. The number of alkyl halides is 3. The average Bonchev–Trinajstić information content (AvgIpc) is 3.14. The van der Waals surface area contributed by atoms with Gasteiger partial charge in [-0.1, -0.05) is 66.7 Å². The summed E-state index contributed by atoms with van der Waals surface area (Å²) in [5.41, 5.74) is -0.240. The van der Waals surface area contributed by atoms with Crippen LogP contribution >= 0.6 is 0 Å². The Balaban J connectivity index is 1.41. The van der Waals surface area contributed by atoms with Gasteiger partial charge in [-0.15, -0.1) is 0 Å². The topological polar surface area (TPSA) is 86.7 Å². The number of amides is 1. The minimum absolute atomic E-state index is 0.00787. The Hall–Kier alpha value is -3.99. The Morgan fingerprint density at radius 1 is 0.810 bits per heavy atom. The summed E-state index contributed by atoms with van der Waals surface area (Å²) in [5.74, 6) is -0.584. The van der Waals surface area contributed by atoms with Gasteiger partial charge in [0.1, 0.15) is 0 Å². The van der Waals surface area contributed by atoms with Crippen molar-refractivity contribution >= 4 is 21.6 Å². The van der Waals surface area contributed by atoms with Crippen molar-refractivity contribution in [3.8, 4) is 11.1 Å². The summed E-state index contributed by atoms with van der Waals surface area (Å²) in [6, 6.07) is 24.4. The van der Waals surface area contributed by atoms with Gasteiger partial charge < -0.3 is 10.0 Å². The van der Waals surface area contributed by atoms with Crippen LogP contribution < -0.4 is 9.62 Å². The number of nitrogens with one attached hydrogen (secondary N) is 1. The molecule has 1 aliphatic rings. The molecule has 1 heterocycles. The maximum atomic E-state index is 13.8. The van der Waals surface area contributed by atoms with Gasteiger partial charge in [-0.2, -0.15) is 13.2 Å². The zero-order chi connectivity index (χ0) is 30.5. The third-order valence-corrected chi connectivity index (χ3v) is 8.78.